The molecule has 0 radical (unpaired) electrons. The highest BCUT2D eigenvalue weighted by Crippen LogP contribution is 2.38. The number of aliphatic hydroxyl groups is 1. The van der Waals surface area contributed by atoms with Gasteiger partial charge >= 0.3 is 0 Å². The van der Waals surface area contributed by atoms with Crippen LogP contribution < -0.4 is 5.32 Å². The number of nitrogens with one attached hydrogen (secondary N) is 1. The van der Waals surface area contributed by atoms with Crippen molar-refractivity contribution in [1.29, 1.82) is 0 Å². The Bertz CT molecular complexity index is 701. The Morgan fingerprint density at radius 3 is 2.92 bits per heavy atom. The van der Waals surface area contributed by atoms with Crippen molar-refractivity contribution >= 4 is 0 Å². The number of phenols is 1. The van der Waals surface area contributed by atoms with Crippen LogP contribution in [-0.2, 0) is 17.8 Å². The monoisotopic (exact) mass is 330 g/mol. The number of hydrogen-bond acceptors (Lipinski definition) is 6. The molecule has 2 fully saturated rings. The van der Waals surface area contributed by atoms with E-state index in [0.29, 0.717) is 25.6 Å². The van der Waals surface area contributed by atoms with Crippen LogP contribution in [0.15, 0.2) is 30.5 Å². The number of aliphatic hydroxyl groups excluding tert-OH is 1. The van der Waals surface area contributed by atoms with Crippen LogP contribution in [0, 0.1) is 0 Å². The number of ether oxygens (including phenoxy) is 1. The van der Waals surface area contributed by atoms with Crippen LogP contribution in [0.25, 0.3) is 0 Å². The Balaban J connectivity index is 1.39. The highest BCUT2D eigenvalue weighted by molar-refractivity contribution is 5.31. The Hall–Kier alpha value is -1.96. The molecule has 1 aliphatic carbocycles. The number of hydrogen-bond donors (Lipinski definition) is 3. The number of nitrogens with zero attached hydrogens (tertiary/aromatic N) is 3. The van der Waals surface area contributed by atoms with Crippen LogP contribution in [-0.4, -0.2) is 50.1 Å². The molecule has 128 valence electrons. The number of para-hydroxylation sites is 1. The van der Waals surface area contributed by atoms with Crippen molar-refractivity contribution in [2.75, 3.05) is 6.61 Å². The van der Waals surface area contributed by atoms with Crippen molar-refractivity contribution < 1.29 is 14.9 Å². The van der Waals surface area contributed by atoms with E-state index in [0.717, 1.165) is 11.3 Å². The molecule has 7 nitrogen and oxygen atoms in total. The van der Waals surface area contributed by atoms with E-state index in [-0.39, 0.29) is 17.9 Å². The van der Waals surface area contributed by atoms with Gasteiger partial charge in [-0.3, -0.25) is 0 Å². The molecular weight excluding hydrogens is 308 g/mol. The molecule has 0 amide bonds. The third-order valence-electron chi connectivity index (χ3n) is 4.73. The second-order valence-corrected chi connectivity index (χ2v) is 6.61. The lowest BCUT2D eigenvalue weighted by molar-refractivity contribution is 0.0741. The minimum absolute atomic E-state index is 0.181. The maximum Gasteiger partial charge on any atom is 0.120 e. The molecule has 1 saturated heterocycles. The van der Waals surface area contributed by atoms with Gasteiger partial charge in [-0.15, -0.1) is 5.10 Å². The van der Waals surface area contributed by atoms with E-state index < -0.39 is 6.10 Å². The number of aromatic nitrogens is 3. The van der Waals surface area contributed by atoms with Crippen molar-refractivity contribution in [2.45, 2.75) is 50.1 Å². The zero-order valence-electron chi connectivity index (χ0n) is 13.4. The second kappa shape index (κ2) is 6.51. The maximum absolute atomic E-state index is 10.2. The van der Waals surface area contributed by atoms with Crippen molar-refractivity contribution in [3.05, 3.63) is 41.7 Å². The van der Waals surface area contributed by atoms with E-state index in [1.165, 1.54) is 12.8 Å². The van der Waals surface area contributed by atoms with Crippen LogP contribution in [0.5, 0.6) is 5.75 Å². The standard InChI is InChI=1S/C17H22N4O3/c22-14-4-2-1-3-12(14)7-18-17-15(23)10-24-16(17)9-21-8-13(19-20-21)11-5-6-11/h1-4,8,11,15-18,22-23H,5-7,9-10H2/t15-,16+,17+/m0/s1. The van der Waals surface area contributed by atoms with Crippen molar-refractivity contribution in [3.63, 3.8) is 0 Å². The van der Waals surface area contributed by atoms with E-state index in [9.17, 15) is 10.2 Å². The van der Waals surface area contributed by atoms with Crippen LogP contribution in [0.4, 0.5) is 0 Å². The average molecular weight is 330 g/mol. The van der Waals surface area contributed by atoms with Gasteiger partial charge in [-0.05, 0) is 18.9 Å². The molecule has 0 bridgehead atoms. The smallest absolute Gasteiger partial charge is 0.120 e. The van der Waals surface area contributed by atoms with E-state index in [2.05, 4.69) is 15.6 Å². The molecule has 2 heterocycles. The van der Waals surface area contributed by atoms with E-state index in [1.807, 2.05) is 18.3 Å². The summed E-state index contributed by atoms with van der Waals surface area (Å²) in [7, 11) is 0. The summed E-state index contributed by atoms with van der Waals surface area (Å²) in [5, 5.41) is 31.7. The molecule has 0 unspecified atom stereocenters. The predicted molar refractivity (Wildman–Crippen MR) is 86.5 cm³/mol. The molecular formula is C17H22N4O3. The van der Waals surface area contributed by atoms with Gasteiger partial charge in [0, 0.05) is 24.2 Å². The van der Waals surface area contributed by atoms with Gasteiger partial charge in [-0.25, -0.2) is 4.68 Å². The lowest BCUT2D eigenvalue weighted by atomic mass is 10.1. The summed E-state index contributed by atoms with van der Waals surface area (Å²) < 4.78 is 7.52. The maximum atomic E-state index is 10.2. The van der Waals surface area contributed by atoms with E-state index in [4.69, 9.17) is 4.74 Å². The first kappa shape index (κ1) is 15.6. The molecule has 2 aliphatic rings. The Kier molecular flexibility index (Phi) is 4.22. The van der Waals surface area contributed by atoms with Gasteiger partial charge in [0.1, 0.15) is 5.75 Å². The van der Waals surface area contributed by atoms with Crippen LogP contribution in [0.3, 0.4) is 0 Å². The summed E-state index contributed by atoms with van der Waals surface area (Å²) in [5.74, 6) is 0.823. The quantitative estimate of drug-likeness (QED) is 0.725. The first-order chi connectivity index (χ1) is 11.7. The highest BCUT2D eigenvalue weighted by atomic mass is 16.5. The molecule has 4 rings (SSSR count). The molecule has 3 N–H and O–H groups in total. The molecule has 7 heteroatoms. The fourth-order valence-electron chi connectivity index (χ4n) is 3.15. The van der Waals surface area contributed by atoms with Gasteiger partial charge in [0.15, 0.2) is 0 Å². The van der Waals surface area contributed by atoms with Gasteiger partial charge in [0.2, 0.25) is 0 Å². The number of rotatable bonds is 6. The summed E-state index contributed by atoms with van der Waals surface area (Å²) in [6, 6.07) is 6.98. The van der Waals surface area contributed by atoms with Gasteiger partial charge in [-0.2, -0.15) is 0 Å². The average Bonchev–Trinajstić information content (AvgIpc) is 3.24. The van der Waals surface area contributed by atoms with Crippen molar-refractivity contribution in [3.8, 4) is 5.75 Å². The first-order valence-electron chi connectivity index (χ1n) is 8.40. The largest absolute Gasteiger partial charge is 0.508 e. The Morgan fingerprint density at radius 2 is 2.12 bits per heavy atom. The van der Waals surface area contributed by atoms with E-state index in [1.54, 1.807) is 16.8 Å². The molecule has 0 spiro atoms. The van der Waals surface area contributed by atoms with E-state index >= 15 is 0 Å². The minimum atomic E-state index is -0.577. The summed E-state index contributed by atoms with van der Waals surface area (Å²) in [6.45, 7) is 1.32. The number of benzene rings is 1. The SMILES string of the molecule is Oc1ccccc1CN[C@@H]1[C@@H](O)CO[C@@H]1Cn1cc(C2CC2)nn1. The van der Waals surface area contributed by atoms with Crippen LogP contribution >= 0.6 is 0 Å². The summed E-state index contributed by atoms with van der Waals surface area (Å²) in [6.07, 6.45) is 3.61. The number of phenolic OH excluding ortho intramolecular Hbond substituents is 1. The molecule has 1 aliphatic heterocycles. The van der Waals surface area contributed by atoms with Gasteiger partial charge < -0.3 is 20.3 Å². The summed E-state index contributed by atoms with van der Waals surface area (Å²) in [5.41, 5.74) is 1.85. The fraction of sp³-hybridized carbons (Fsp3) is 0.529. The third kappa shape index (κ3) is 3.28. The zero-order valence-corrected chi connectivity index (χ0v) is 13.4. The zero-order chi connectivity index (χ0) is 16.5. The summed E-state index contributed by atoms with van der Waals surface area (Å²) >= 11 is 0. The molecule has 24 heavy (non-hydrogen) atoms. The van der Waals surface area contributed by atoms with Crippen LogP contribution in [0.1, 0.15) is 30.0 Å². The minimum Gasteiger partial charge on any atom is -0.508 e. The Morgan fingerprint density at radius 1 is 1.29 bits per heavy atom. The lowest BCUT2D eigenvalue weighted by Crippen LogP contribution is -2.45. The topological polar surface area (TPSA) is 92.4 Å². The Labute approximate surface area is 140 Å². The van der Waals surface area contributed by atoms with Gasteiger partial charge in [-0.1, -0.05) is 23.4 Å². The van der Waals surface area contributed by atoms with Gasteiger partial charge in [0.25, 0.3) is 0 Å². The fourth-order valence-corrected chi connectivity index (χ4v) is 3.15. The third-order valence-corrected chi connectivity index (χ3v) is 4.73. The molecule has 1 aromatic heterocycles. The van der Waals surface area contributed by atoms with Gasteiger partial charge in [0.05, 0.1) is 37.1 Å². The van der Waals surface area contributed by atoms with Crippen molar-refractivity contribution in [2.24, 2.45) is 0 Å². The lowest BCUT2D eigenvalue weighted by Gasteiger charge is -2.22. The molecule has 1 aromatic carbocycles. The molecule has 1 saturated carbocycles. The number of aromatic hydroxyl groups is 1. The highest BCUT2D eigenvalue weighted by Gasteiger charge is 2.36. The first-order valence-corrected chi connectivity index (χ1v) is 8.40. The predicted octanol–water partition coefficient (Wildman–Crippen LogP) is 0.779. The second-order valence-electron chi connectivity index (χ2n) is 6.61. The summed E-state index contributed by atoms with van der Waals surface area (Å²) in [4.78, 5) is 0. The van der Waals surface area contributed by atoms with Crippen molar-refractivity contribution in [1.82, 2.24) is 20.3 Å². The molecule has 3 atom stereocenters. The normalized spacial score (nSPS) is 26.8. The molecule has 2 aromatic rings. The van der Waals surface area contributed by atoms with Crippen LogP contribution in [0.2, 0.25) is 0 Å².